The van der Waals surface area contributed by atoms with E-state index < -0.39 is 66.0 Å². The molecule has 15 heteroatoms. The monoisotopic (exact) mass is 697 g/mol. The third-order valence-corrected chi connectivity index (χ3v) is 8.97. The van der Waals surface area contributed by atoms with E-state index in [1.54, 1.807) is 37.3 Å². The van der Waals surface area contributed by atoms with Gasteiger partial charge in [-0.15, -0.1) is 0 Å². The average molecular weight is 698 g/mol. The molecule has 15 nitrogen and oxygen atoms in total. The van der Waals surface area contributed by atoms with Gasteiger partial charge in [0.15, 0.2) is 0 Å². The Labute approximate surface area is 292 Å². The summed E-state index contributed by atoms with van der Waals surface area (Å²) < 4.78 is 0. The van der Waals surface area contributed by atoms with Gasteiger partial charge in [0.2, 0.25) is 41.2 Å². The van der Waals surface area contributed by atoms with Crippen LogP contribution in [0.3, 0.4) is 0 Å². The largest absolute Gasteiger partial charge is 0.368 e. The second kappa shape index (κ2) is 20.6. The molecule has 274 valence electrons. The molecular weight excluding hydrogens is 646 g/mol. The molecule has 4 atom stereocenters. The smallest absolute Gasteiger partial charge is 0.290 e. The molecule has 50 heavy (non-hydrogen) atoms. The Kier molecular flexibility index (Phi) is 16.4. The Hall–Kier alpha value is -4.82. The fraction of sp³-hybridized carbons (Fsp3) is 0.600. The minimum atomic E-state index is -1.25. The van der Waals surface area contributed by atoms with Crippen LogP contribution in [0.15, 0.2) is 30.3 Å². The maximum atomic E-state index is 13.7. The van der Waals surface area contributed by atoms with Crippen LogP contribution in [0.1, 0.15) is 102 Å². The lowest BCUT2D eigenvalue weighted by Crippen LogP contribution is -2.58. The van der Waals surface area contributed by atoms with Crippen LogP contribution in [-0.2, 0) is 38.4 Å². The van der Waals surface area contributed by atoms with Crippen molar-refractivity contribution in [3.63, 3.8) is 0 Å². The van der Waals surface area contributed by atoms with Crippen LogP contribution in [0.5, 0.6) is 0 Å². The number of benzene rings is 1. The lowest BCUT2D eigenvalue weighted by Gasteiger charge is -2.31. The van der Waals surface area contributed by atoms with E-state index in [9.17, 15) is 38.4 Å². The lowest BCUT2D eigenvalue weighted by molar-refractivity contribution is -0.141. The molecule has 3 rings (SSSR count). The van der Waals surface area contributed by atoms with Gasteiger partial charge >= 0.3 is 0 Å². The van der Waals surface area contributed by atoms with E-state index >= 15 is 0 Å². The predicted molar refractivity (Wildman–Crippen MR) is 183 cm³/mol. The lowest BCUT2D eigenvalue weighted by atomic mass is 9.83. The first-order valence-electron chi connectivity index (χ1n) is 17.6. The number of amides is 7. The van der Waals surface area contributed by atoms with Crippen LogP contribution in [0, 0.1) is 5.92 Å². The normalized spacial score (nSPS) is 21.0. The molecule has 1 saturated heterocycles. The van der Waals surface area contributed by atoms with E-state index in [1.165, 1.54) is 0 Å². The van der Waals surface area contributed by atoms with Gasteiger partial charge in [0, 0.05) is 19.4 Å². The number of carbonyl (C=O) groups is 8. The summed E-state index contributed by atoms with van der Waals surface area (Å²) in [4.78, 5) is 103. The number of nitrogens with two attached hydrogens (primary N) is 1. The zero-order valence-corrected chi connectivity index (χ0v) is 28.7. The van der Waals surface area contributed by atoms with E-state index in [2.05, 4.69) is 31.9 Å². The number of Topliss-reactive ketones (excluding diaryl/α,β-unsaturated/α-hetero) is 1. The second-order valence-corrected chi connectivity index (χ2v) is 12.9. The van der Waals surface area contributed by atoms with Crippen molar-refractivity contribution in [2.75, 3.05) is 13.1 Å². The van der Waals surface area contributed by atoms with E-state index in [1.807, 2.05) is 0 Å². The maximum absolute atomic E-state index is 13.7. The summed E-state index contributed by atoms with van der Waals surface area (Å²) in [7, 11) is 0. The van der Waals surface area contributed by atoms with Gasteiger partial charge in [-0.05, 0) is 56.4 Å². The first-order chi connectivity index (χ1) is 24.0. The van der Waals surface area contributed by atoms with Crippen LogP contribution in [0.25, 0.3) is 0 Å². The van der Waals surface area contributed by atoms with Crippen molar-refractivity contribution in [3.05, 3.63) is 35.9 Å². The van der Waals surface area contributed by atoms with Gasteiger partial charge in [0.05, 0.1) is 12.6 Å². The fourth-order valence-electron chi connectivity index (χ4n) is 6.25. The third-order valence-electron chi connectivity index (χ3n) is 8.97. The van der Waals surface area contributed by atoms with Crippen LogP contribution in [0.4, 0.5) is 0 Å². The first kappa shape index (κ1) is 39.6. The van der Waals surface area contributed by atoms with Crippen molar-refractivity contribution in [3.8, 4) is 0 Å². The predicted octanol–water partition coefficient (Wildman–Crippen LogP) is 0.320. The molecule has 1 aromatic rings. The van der Waals surface area contributed by atoms with Gasteiger partial charge in [-0.2, -0.15) is 0 Å². The number of primary amides is 1. The Bertz CT molecular complexity index is 1370. The van der Waals surface area contributed by atoms with Crippen LogP contribution >= 0.6 is 0 Å². The summed E-state index contributed by atoms with van der Waals surface area (Å²) in [6, 6.07) is 3.93. The highest BCUT2D eigenvalue weighted by atomic mass is 16.2. The number of rotatable bonds is 12. The van der Waals surface area contributed by atoms with Crippen molar-refractivity contribution in [2.45, 2.75) is 115 Å². The SMILES string of the molecule is CCCC(NC(=O)C1CCCCNC(=O)CCCC(=O)NC(C2CCCCC2)C(=O)N1)C(=O)C(=O)NCC(=O)NC(C(N)=O)c1ccccc1. The van der Waals surface area contributed by atoms with E-state index in [0.717, 1.165) is 32.1 Å². The quantitative estimate of drug-likeness (QED) is 0.150. The highest BCUT2D eigenvalue weighted by molar-refractivity contribution is 6.38. The Morgan fingerprint density at radius 1 is 0.840 bits per heavy atom. The van der Waals surface area contributed by atoms with Crippen molar-refractivity contribution in [1.82, 2.24) is 31.9 Å². The zero-order valence-electron chi connectivity index (χ0n) is 28.7. The molecule has 7 amide bonds. The van der Waals surface area contributed by atoms with Gasteiger partial charge < -0.3 is 37.6 Å². The zero-order chi connectivity index (χ0) is 36.5. The molecule has 0 spiro atoms. The molecule has 8 N–H and O–H groups in total. The first-order valence-corrected chi connectivity index (χ1v) is 17.6. The number of nitrogens with one attached hydrogen (secondary N) is 6. The van der Waals surface area contributed by atoms with E-state index in [4.69, 9.17) is 5.73 Å². The molecule has 2 aliphatic rings. The van der Waals surface area contributed by atoms with Crippen LogP contribution in [-0.4, -0.2) is 78.3 Å². The van der Waals surface area contributed by atoms with E-state index in [-0.39, 0.29) is 43.4 Å². The van der Waals surface area contributed by atoms with Crippen molar-refractivity contribution < 1.29 is 38.4 Å². The topological polar surface area (TPSA) is 235 Å². The number of ketones is 1. The molecule has 1 heterocycles. The van der Waals surface area contributed by atoms with Crippen LogP contribution < -0.4 is 37.6 Å². The van der Waals surface area contributed by atoms with Gasteiger partial charge in [0.1, 0.15) is 18.1 Å². The molecule has 0 radical (unpaired) electrons. The Balaban J connectivity index is 1.69. The van der Waals surface area contributed by atoms with Gasteiger partial charge in [-0.1, -0.05) is 62.9 Å². The van der Waals surface area contributed by atoms with Gasteiger partial charge in [0.25, 0.3) is 5.91 Å². The third kappa shape index (κ3) is 12.9. The molecule has 2 fully saturated rings. The Morgan fingerprint density at radius 3 is 2.20 bits per heavy atom. The summed E-state index contributed by atoms with van der Waals surface area (Å²) in [6.45, 7) is 1.49. The van der Waals surface area contributed by atoms with Crippen molar-refractivity contribution in [1.29, 1.82) is 0 Å². The van der Waals surface area contributed by atoms with Gasteiger partial charge in [-0.25, -0.2) is 0 Å². The molecule has 1 aliphatic carbocycles. The standard InChI is InChI=1S/C35H51N7O8/c1-2-12-24(31(46)35(50)38-21-28(45)42-29(32(36)47)22-13-5-3-6-14-22)39-33(48)25-17-9-10-20-37-26(43)18-11-19-27(44)41-30(34(49)40-25)23-15-7-4-8-16-23/h3,5-6,13-14,23-25,29-30H,2,4,7-12,15-21H2,1H3,(H2,36,47)(H,37,43)(H,38,50)(H,39,48)(H,40,49)(H,41,44)(H,42,45). The van der Waals surface area contributed by atoms with E-state index in [0.29, 0.717) is 37.8 Å². The number of hydrogen-bond donors (Lipinski definition) is 7. The molecule has 1 saturated carbocycles. The molecular formula is C35H51N7O8. The summed E-state index contributed by atoms with van der Waals surface area (Å²) >= 11 is 0. The summed E-state index contributed by atoms with van der Waals surface area (Å²) in [5, 5.41) is 15.7. The molecule has 1 aromatic carbocycles. The molecule has 0 bridgehead atoms. The summed E-state index contributed by atoms with van der Waals surface area (Å²) in [5.41, 5.74) is 5.88. The minimum absolute atomic E-state index is 0.0805. The van der Waals surface area contributed by atoms with Gasteiger partial charge in [-0.3, -0.25) is 38.4 Å². The second-order valence-electron chi connectivity index (χ2n) is 12.9. The van der Waals surface area contributed by atoms with Crippen molar-refractivity contribution in [2.24, 2.45) is 11.7 Å². The minimum Gasteiger partial charge on any atom is -0.368 e. The highest BCUT2D eigenvalue weighted by Crippen LogP contribution is 2.27. The number of carbonyl (C=O) groups excluding carboxylic acids is 8. The van der Waals surface area contributed by atoms with Crippen LogP contribution in [0.2, 0.25) is 0 Å². The maximum Gasteiger partial charge on any atom is 0.290 e. The number of hydrogen-bond acceptors (Lipinski definition) is 8. The summed E-state index contributed by atoms with van der Waals surface area (Å²) in [5.74, 6) is -5.49. The molecule has 1 aliphatic heterocycles. The fourth-order valence-corrected chi connectivity index (χ4v) is 6.25. The Morgan fingerprint density at radius 2 is 1.52 bits per heavy atom. The molecule has 4 unspecified atom stereocenters. The summed E-state index contributed by atoms with van der Waals surface area (Å²) in [6.07, 6.45) is 6.65. The molecule has 0 aromatic heterocycles. The van der Waals surface area contributed by atoms with Crippen molar-refractivity contribution >= 4 is 47.1 Å². The highest BCUT2D eigenvalue weighted by Gasteiger charge is 2.35. The average Bonchev–Trinajstić information content (AvgIpc) is 3.11.